The average molecular weight is 387 g/mol. The van der Waals surface area contributed by atoms with Gasteiger partial charge in [-0.1, -0.05) is 13.2 Å². The molecule has 0 aromatic rings. The van der Waals surface area contributed by atoms with Crippen molar-refractivity contribution in [2.45, 2.75) is 0 Å². The third-order valence-electron chi connectivity index (χ3n) is 2.35. The van der Waals surface area contributed by atoms with Gasteiger partial charge in [0.25, 0.3) is 0 Å². The van der Waals surface area contributed by atoms with Crippen molar-refractivity contribution in [2.75, 3.05) is 68.6 Å². The highest BCUT2D eigenvalue weighted by Gasteiger charge is 2.07. The Morgan fingerprint density at radius 3 is 1.17 bits per heavy atom. The van der Waals surface area contributed by atoms with Crippen LogP contribution in [0.25, 0.3) is 0 Å². The van der Waals surface area contributed by atoms with Crippen LogP contribution in [0.3, 0.4) is 0 Å². The third kappa shape index (κ3) is 29.0. The number of halogens is 2. The molecular formula is C16H32Cl2N2O4. The summed E-state index contributed by atoms with van der Waals surface area (Å²) >= 11 is 0. The Balaban J connectivity index is -0.000000154. The molecule has 6 nitrogen and oxygen atoms in total. The van der Waals surface area contributed by atoms with Crippen LogP contribution in [-0.2, 0) is 19.1 Å². The van der Waals surface area contributed by atoms with Gasteiger partial charge in [-0.25, -0.2) is 9.59 Å². The minimum absolute atomic E-state index is 0. The number of carbonyl (C=O) groups excluding carboxylic acids is 2. The molecule has 0 rings (SSSR count). The van der Waals surface area contributed by atoms with Crippen molar-refractivity contribution in [3.05, 3.63) is 25.3 Å². The van der Waals surface area contributed by atoms with E-state index in [2.05, 4.69) is 13.2 Å². The van der Waals surface area contributed by atoms with Crippen molar-refractivity contribution in [1.29, 1.82) is 0 Å². The molecule has 0 unspecified atom stereocenters. The van der Waals surface area contributed by atoms with Gasteiger partial charge in [-0.2, -0.15) is 0 Å². The molecule has 0 saturated carbocycles. The maximum absolute atomic E-state index is 10.6. The van der Waals surface area contributed by atoms with E-state index >= 15 is 0 Å². The number of carbonyl (C=O) groups is 2. The molecule has 0 aromatic carbocycles. The van der Waals surface area contributed by atoms with Gasteiger partial charge >= 0.3 is 11.9 Å². The smallest absolute Gasteiger partial charge is 0.330 e. The summed E-state index contributed by atoms with van der Waals surface area (Å²) in [5.74, 6) is -0.697. The van der Waals surface area contributed by atoms with Crippen molar-refractivity contribution in [3.63, 3.8) is 0 Å². The fraction of sp³-hybridized carbons (Fsp3) is 0.625. The molecule has 0 N–H and O–H groups in total. The van der Waals surface area contributed by atoms with Crippen LogP contribution in [0.1, 0.15) is 0 Å². The first-order chi connectivity index (χ1) is 9.91. The lowest BCUT2D eigenvalue weighted by Gasteiger charge is -2.23. The molecule has 0 spiro atoms. The van der Waals surface area contributed by atoms with Gasteiger partial charge in [0.1, 0.15) is 26.3 Å². The maximum Gasteiger partial charge on any atom is 0.330 e. The fourth-order valence-electron chi connectivity index (χ4n) is 0.958. The Kier molecular flexibility index (Phi) is 19.8. The van der Waals surface area contributed by atoms with Gasteiger partial charge in [-0.3, -0.25) is 0 Å². The van der Waals surface area contributed by atoms with E-state index in [1.54, 1.807) is 0 Å². The molecule has 0 heterocycles. The summed E-state index contributed by atoms with van der Waals surface area (Å²) in [5.41, 5.74) is 0. The zero-order valence-corrected chi connectivity index (χ0v) is 17.2. The number of nitrogens with zero attached hydrogens (tertiary/aromatic N) is 2. The lowest BCUT2D eigenvalue weighted by atomic mass is 10.5. The quantitative estimate of drug-likeness (QED) is 0.238. The zero-order valence-electron chi connectivity index (χ0n) is 15.7. The first kappa shape index (κ1) is 30.8. The SMILES string of the molecule is C=CC(=O)OCC[N+](C)(C)C.C=CC(=O)OCC[N+](C)(C)C.[Cl-].[Cl-]. The number of esters is 2. The molecule has 0 aromatic heterocycles. The lowest BCUT2D eigenvalue weighted by molar-refractivity contribution is -0.870. The average Bonchev–Trinajstić information content (AvgIpc) is 2.36. The van der Waals surface area contributed by atoms with Crippen LogP contribution in [-0.4, -0.2) is 89.5 Å². The fourth-order valence-corrected chi connectivity index (χ4v) is 0.958. The van der Waals surface area contributed by atoms with E-state index in [9.17, 15) is 9.59 Å². The van der Waals surface area contributed by atoms with Crippen LogP contribution >= 0.6 is 0 Å². The second-order valence-electron chi connectivity index (χ2n) is 6.77. The molecule has 0 fully saturated rings. The van der Waals surface area contributed by atoms with Crippen LogP contribution in [0.15, 0.2) is 25.3 Å². The van der Waals surface area contributed by atoms with Gasteiger partial charge in [0.2, 0.25) is 0 Å². The summed E-state index contributed by atoms with van der Waals surface area (Å²) in [6, 6.07) is 0. The summed E-state index contributed by atoms with van der Waals surface area (Å²) in [6.07, 6.45) is 2.35. The van der Waals surface area contributed by atoms with Crippen molar-refractivity contribution < 1.29 is 52.8 Å². The largest absolute Gasteiger partial charge is 1.00 e. The van der Waals surface area contributed by atoms with Crippen LogP contribution < -0.4 is 24.8 Å². The minimum atomic E-state index is -0.349. The van der Waals surface area contributed by atoms with E-state index in [1.807, 2.05) is 42.3 Å². The Hall–Kier alpha value is -1.08. The predicted octanol–water partition coefficient (Wildman–Crippen LogP) is -5.15. The van der Waals surface area contributed by atoms with Gasteiger partial charge in [-0.15, -0.1) is 0 Å². The molecule has 0 aliphatic carbocycles. The predicted molar refractivity (Wildman–Crippen MR) is 88.1 cm³/mol. The van der Waals surface area contributed by atoms with E-state index in [0.717, 1.165) is 22.1 Å². The zero-order chi connectivity index (χ0) is 17.8. The molecule has 0 bridgehead atoms. The number of quaternary nitrogens is 2. The Labute approximate surface area is 159 Å². The number of hydrogen-bond acceptors (Lipinski definition) is 4. The van der Waals surface area contributed by atoms with Crippen LogP contribution in [0.5, 0.6) is 0 Å². The van der Waals surface area contributed by atoms with Crippen molar-refractivity contribution >= 4 is 11.9 Å². The van der Waals surface area contributed by atoms with Crippen LogP contribution in [0.2, 0.25) is 0 Å². The molecule has 0 saturated heterocycles. The molecular weight excluding hydrogens is 355 g/mol. The highest BCUT2D eigenvalue weighted by molar-refractivity contribution is 5.81. The summed E-state index contributed by atoms with van der Waals surface area (Å²) in [6.45, 7) is 9.14. The summed E-state index contributed by atoms with van der Waals surface area (Å²) in [4.78, 5) is 21.1. The summed E-state index contributed by atoms with van der Waals surface area (Å²) in [5, 5.41) is 0. The minimum Gasteiger partial charge on any atom is -1.00 e. The molecule has 0 aliphatic rings. The first-order valence-corrected chi connectivity index (χ1v) is 7.10. The maximum atomic E-state index is 10.6. The van der Waals surface area contributed by atoms with E-state index in [0.29, 0.717) is 13.2 Å². The van der Waals surface area contributed by atoms with Crippen molar-refractivity contribution in [3.8, 4) is 0 Å². The highest BCUT2D eigenvalue weighted by atomic mass is 35.5. The van der Waals surface area contributed by atoms with E-state index in [1.165, 1.54) is 12.2 Å². The van der Waals surface area contributed by atoms with E-state index < -0.39 is 0 Å². The molecule has 0 aliphatic heterocycles. The number of hydrogen-bond donors (Lipinski definition) is 0. The van der Waals surface area contributed by atoms with Crippen molar-refractivity contribution in [1.82, 2.24) is 0 Å². The Morgan fingerprint density at radius 1 is 0.750 bits per heavy atom. The van der Waals surface area contributed by atoms with Crippen molar-refractivity contribution in [2.24, 2.45) is 0 Å². The Morgan fingerprint density at radius 2 is 1.00 bits per heavy atom. The highest BCUT2D eigenvalue weighted by Crippen LogP contribution is 1.90. The van der Waals surface area contributed by atoms with E-state index in [4.69, 9.17) is 9.47 Å². The first-order valence-electron chi connectivity index (χ1n) is 7.10. The molecule has 0 amide bonds. The summed E-state index contributed by atoms with van der Waals surface area (Å²) < 4.78 is 11.2. The second kappa shape index (κ2) is 15.4. The van der Waals surface area contributed by atoms with Crippen LogP contribution in [0.4, 0.5) is 0 Å². The molecule has 0 atom stereocenters. The van der Waals surface area contributed by atoms with Gasteiger partial charge in [-0.05, 0) is 0 Å². The Bertz CT molecular complexity index is 339. The van der Waals surface area contributed by atoms with Gasteiger partial charge < -0.3 is 43.3 Å². The molecule has 0 radical (unpaired) electrons. The molecule has 144 valence electrons. The standard InChI is InChI=1S/2C8H16NO2.2ClH/c2*1-5-8(10)11-7-6-9(2,3)4;;/h2*5H,1,6-7H2,2-4H3;2*1H/q2*+1;;/p-2. The second-order valence-corrected chi connectivity index (χ2v) is 6.77. The molecule has 8 heteroatoms. The van der Waals surface area contributed by atoms with E-state index in [-0.39, 0.29) is 36.8 Å². The summed E-state index contributed by atoms with van der Waals surface area (Å²) in [7, 11) is 12.3. The van der Waals surface area contributed by atoms with Gasteiger partial charge in [0.15, 0.2) is 0 Å². The van der Waals surface area contributed by atoms with Crippen LogP contribution in [0, 0.1) is 0 Å². The normalized spacial score (nSPS) is 9.92. The monoisotopic (exact) mass is 386 g/mol. The third-order valence-corrected chi connectivity index (χ3v) is 2.35. The number of likely N-dealkylation sites (N-methyl/N-ethyl adjacent to an activating group) is 2. The van der Waals surface area contributed by atoms with Gasteiger partial charge in [0, 0.05) is 12.2 Å². The lowest BCUT2D eigenvalue weighted by Crippen LogP contribution is -3.00. The number of ether oxygens (including phenoxy) is 2. The topological polar surface area (TPSA) is 52.6 Å². The number of rotatable bonds is 8. The van der Waals surface area contributed by atoms with Gasteiger partial charge in [0.05, 0.1) is 42.3 Å². The molecule has 24 heavy (non-hydrogen) atoms.